The van der Waals surface area contributed by atoms with Crippen LogP contribution in [0, 0.1) is 29.6 Å². The van der Waals surface area contributed by atoms with Crippen LogP contribution >= 0.6 is 11.3 Å². The minimum atomic E-state index is -0.395. The number of carbonyl (C=O) groups excluding carboxylic acids is 3. The third kappa shape index (κ3) is 25.0. The second kappa shape index (κ2) is 41.4. The first-order valence-corrected chi connectivity index (χ1v) is 34.8. The normalized spacial score (nSPS) is 14.9. The highest BCUT2D eigenvalue weighted by molar-refractivity contribution is 7.13. The minimum Gasteiger partial charge on any atom is -0.393 e. The van der Waals surface area contributed by atoms with E-state index in [0.717, 1.165) is 153 Å². The highest BCUT2D eigenvalue weighted by Gasteiger charge is 2.27. The summed E-state index contributed by atoms with van der Waals surface area (Å²) in [5, 5.41) is 33.0. The predicted molar refractivity (Wildman–Crippen MR) is 380 cm³/mol. The Kier molecular flexibility index (Phi) is 33.9. The largest absolute Gasteiger partial charge is 0.393 e. The van der Waals surface area contributed by atoms with Crippen molar-refractivity contribution in [1.29, 1.82) is 5.41 Å². The lowest BCUT2D eigenvalue weighted by Gasteiger charge is -2.34. The SMILES string of the molecule is CC.CCCCCCCCCC(=O)N1CCN(CCCC#Cc2cccc(Cn3c(-c4ccccc4)c(-c4ccccc4)c4c(=N)n(C5CCC(O)CC5)cnc43)c2)CC1.CCCC[C@@H](O)CNC(=O)CC(C)(C)C.Cc1ncsc1-c1ccc(CN)cc1.NC=O. The topological polar surface area (TPSA) is 222 Å². The molecule has 1 saturated carbocycles. The molecule has 9 rings (SSSR count). The Morgan fingerprint density at radius 2 is 1.42 bits per heavy atom. The van der Waals surface area contributed by atoms with Crippen LogP contribution in [0.2, 0.25) is 0 Å². The molecular weight excluding hydrogens is 1160 g/mol. The maximum atomic E-state index is 12.8. The Morgan fingerprint density at radius 3 is 2.03 bits per heavy atom. The van der Waals surface area contributed by atoms with Gasteiger partial charge in [-0.3, -0.25) is 24.7 Å². The summed E-state index contributed by atoms with van der Waals surface area (Å²) < 4.78 is 4.32. The van der Waals surface area contributed by atoms with E-state index in [9.17, 15) is 25.2 Å². The van der Waals surface area contributed by atoms with Crippen LogP contribution in [0.4, 0.5) is 0 Å². The molecule has 0 spiro atoms. The average Bonchev–Trinajstić information content (AvgIpc) is 1.57. The zero-order valence-corrected chi connectivity index (χ0v) is 57.4. The average molecular weight is 1270 g/mol. The van der Waals surface area contributed by atoms with Crippen molar-refractivity contribution in [2.45, 2.75) is 202 Å². The molecule has 15 nitrogen and oxygen atoms in total. The van der Waals surface area contributed by atoms with E-state index in [4.69, 9.17) is 15.5 Å². The van der Waals surface area contributed by atoms with Gasteiger partial charge in [0, 0.05) is 82.2 Å². The molecule has 7 aromatic rings. The van der Waals surface area contributed by atoms with Crippen molar-refractivity contribution in [1.82, 2.24) is 34.2 Å². The lowest BCUT2D eigenvalue weighted by molar-refractivity contribution is -0.133. The van der Waals surface area contributed by atoms with Gasteiger partial charge in [-0.2, -0.15) is 0 Å². The van der Waals surface area contributed by atoms with Crippen molar-refractivity contribution >= 4 is 40.6 Å². The van der Waals surface area contributed by atoms with Gasteiger partial charge < -0.3 is 41.0 Å². The number of amides is 3. The number of aryl methyl sites for hydroxylation is 1. The number of carbonyl (C=O) groups is 3. The monoisotopic (exact) mass is 1270 g/mol. The van der Waals surface area contributed by atoms with E-state index in [0.29, 0.717) is 43.9 Å². The number of nitrogens with zero attached hydrogens (tertiary/aromatic N) is 6. The summed E-state index contributed by atoms with van der Waals surface area (Å²) in [5.74, 6) is 7.24. The fourth-order valence-electron chi connectivity index (χ4n) is 11.6. The standard InChI is InChI=1S/C50H62N6O2.C12H25NO2.C11H12N2S.C2H6.CH3NO/c1-2-3-4-5-6-7-16-26-45(58)54-34-32-53(33-35-54)31-17-10-11-19-39-20-18-21-40(36-39)37-55-48(42-24-14-9-15-25-42)46(41-22-12-8-13-23-41)47-49(51)56(38-52-50(47)55)43-27-29-44(57)30-28-43;1-5-6-7-10(14)9-13-11(15)8-12(2,3)4;1-8-11(14-7-13-8)10-4-2-9(6-12)3-5-10;1-2;2-1-3/h8-9,12-15,18,20-25,36,38,43-44,51,57H,2-7,10,16-17,26-35,37H2,1H3;10,14H,5-9H2,1-4H3,(H,13,15);2-5,7H,6,12H2,1H3;1-2H3;1H,(H2,2,3)/t;10-;;;/m.1.../s1. The van der Waals surface area contributed by atoms with E-state index < -0.39 is 6.10 Å². The maximum Gasteiger partial charge on any atom is 0.222 e. The zero-order chi connectivity index (χ0) is 66.7. The molecule has 2 fully saturated rings. The number of benzene rings is 4. The van der Waals surface area contributed by atoms with E-state index in [-0.39, 0.29) is 29.9 Å². The number of hydrogen-bond donors (Lipinski definition) is 6. The van der Waals surface area contributed by atoms with E-state index >= 15 is 0 Å². The Bertz CT molecular complexity index is 3360. The first-order valence-electron chi connectivity index (χ1n) is 33.9. The second-order valence-electron chi connectivity index (χ2n) is 25.0. The lowest BCUT2D eigenvalue weighted by Crippen LogP contribution is -2.48. The molecule has 2 aliphatic rings. The first kappa shape index (κ1) is 75.5. The lowest BCUT2D eigenvalue weighted by atomic mass is 9.92. The van der Waals surface area contributed by atoms with E-state index in [1.54, 1.807) is 11.3 Å². The van der Waals surface area contributed by atoms with Crippen molar-refractivity contribution in [3.8, 4) is 44.7 Å². The Labute approximate surface area is 554 Å². The van der Waals surface area contributed by atoms with Crippen LogP contribution in [-0.4, -0.2) is 109 Å². The number of aliphatic hydroxyl groups excluding tert-OH is 2. The van der Waals surface area contributed by atoms with Gasteiger partial charge in [0.1, 0.15) is 11.1 Å². The van der Waals surface area contributed by atoms with Crippen LogP contribution in [0.15, 0.2) is 121 Å². The van der Waals surface area contributed by atoms with Crippen LogP contribution in [0.5, 0.6) is 0 Å². The third-order valence-electron chi connectivity index (χ3n) is 16.5. The van der Waals surface area contributed by atoms with Gasteiger partial charge in [0.05, 0.1) is 45.7 Å². The van der Waals surface area contributed by atoms with Crippen molar-refractivity contribution in [3.63, 3.8) is 0 Å². The van der Waals surface area contributed by atoms with Crippen LogP contribution < -0.4 is 22.3 Å². The number of nitrogens with one attached hydrogen (secondary N) is 2. The summed E-state index contributed by atoms with van der Waals surface area (Å²) in [6, 6.07) is 37.9. The third-order valence-corrected chi connectivity index (χ3v) is 17.5. The zero-order valence-electron chi connectivity index (χ0n) is 56.6. The predicted octanol–water partition coefficient (Wildman–Crippen LogP) is 14.4. The summed E-state index contributed by atoms with van der Waals surface area (Å²) in [7, 11) is 0. The van der Waals surface area contributed by atoms with E-state index in [2.05, 4.69) is 153 Å². The van der Waals surface area contributed by atoms with Crippen molar-refractivity contribution in [3.05, 3.63) is 149 Å². The molecule has 1 saturated heterocycles. The van der Waals surface area contributed by atoms with Gasteiger partial charge >= 0.3 is 0 Å². The second-order valence-corrected chi connectivity index (χ2v) is 25.9. The number of rotatable bonds is 24. The van der Waals surface area contributed by atoms with Gasteiger partial charge in [-0.05, 0) is 104 Å². The molecule has 0 unspecified atom stereocenters. The number of piperazine rings is 1. The molecule has 4 heterocycles. The van der Waals surface area contributed by atoms with Gasteiger partial charge in [-0.1, -0.05) is 209 Å². The number of thiazole rings is 1. The van der Waals surface area contributed by atoms with Crippen LogP contribution in [0.25, 0.3) is 43.9 Å². The number of nitrogens with two attached hydrogens (primary N) is 2. The summed E-state index contributed by atoms with van der Waals surface area (Å²) in [4.78, 5) is 47.9. The first-order chi connectivity index (χ1) is 44.6. The van der Waals surface area contributed by atoms with Crippen molar-refractivity contribution in [2.75, 3.05) is 39.3 Å². The molecule has 1 aliphatic heterocycles. The van der Waals surface area contributed by atoms with Gasteiger partial charge in [0.15, 0.2) is 0 Å². The molecule has 16 heteroatoms. The number of aromatic nitrogens is 4. The molecule has 1 aliphatic carbocycles. The molecule has 0 radical (unpaired) electrons. The molecule has 3 aromatic heterocycles. The quantitative estimate of drug-likeness (QED) is 0.0192. The van der Waals surface area contributed by atoms with Gasteiger partial charge in [-0.25, -0.2) is 9.97 Å². The van der Waals surface area contributed by atoms with Gasteiger partial charge in [0.2, 0.25) is 18.2 Å². The number of primary amides is 1. The fourth-order valence-corrected chi connectivity index (χ4v) is 12.4. The molecule has 3 amide bonds. The number of fused-ring (bicyclic) bond motifs is 1. The molecular formula is C76H108N10O5S. The van der Waals surface area contributed by atoms with Crippen LogP contribution in [-0.2, 0) is 27.5 Å². The van der Waals surface area contributed by atoms with Crippen molar-refractivity contribution < 1.29 is 24.6 Å². The summed E-state index contributed by atoms with van der Waals surface area (Å²) in [6.07, 6.45) is 19.2. The van der Waals surface area contributed by atoms with Crippen molar-refractivity contribution in [2.24, 2.45) is 16.9 Å². The molecule has 498 valence electrons. The molecule has 4 aromatic carbocycles. The summed E-state index contributed by atoms with van der Waals surface area (Å²) in [5.41, 5.74) is 22.7. The molecule has 1 atom stereocenters. The fraction of sp³-hybridized carbons (Fsp3) is 0.500. The summed E-state index contributed by atoms with van der Waals surface area (Å²) >= 11 is 1.67. The highest BCUT2D eigenvalue weighted by atomic mass is 32.1. The Hall–Kier alpha value is -7.26. The Morgan fingerprint density at radius 1 is 0.793 bits per heavy atom. The number of aliphatic hydroxyl groups is 2. The highest BCUT2D eigenvalue weighted by Crippen LogP contribution is 2.40. The van der Waals surface area contributed by atoms with E-state index in [1.165, 1.54) is 49.0 Å². The number of hydrogen-bond acceptors (Lipinski definition) is 11. The maximum absolute atomic E-state index is 12.8. The van der Waals surface area contributed by atoms with Gasteiger partial charge in [0.25, 0.3) is 0 Å². The Balaban J connectivity index is 0.000000366. The molecule has 8 N–H and O–H groups in total. The number of unbranched alkanes of at least 4 members (excludes halogenated alkanes) is 8. The minimum absolute atomic E-state index is 0.0124. The van der Waals surface area contributed by atoms with Gasteiger partial charge in [-0.15, -0.1) is 11.3 Å². The smallest absolute Gasteiger partial charge is 0.222 e. The van der Waals surface area contributed by atoms with Crippen LogP contribution in [0.1, 0.15) is 192 Å². The van der Waals surface area contributed by atoms with E-state index in [1.807, 2.05) is 70.1 Å². The molecule has 0 bridgehead atoms. The molecule has 92 heavy (non-hydrogen) atoms. The summed E-state index contributed by atoms with van der Waals surface area (Å²) in [6.45, 7) is 22.6. The van der Waals surface area contributed by atoms with Crippen LogP contribution in [0.3, 0.4) is 0 Å².